The van der Waals surface area contributed by atoms with E-state index in [9.17, 15) is 9.59 Å². The lowest BCUT2D eigenvalue weighted by Crippen LogP contribution is -2.47. The molecule has 5 heteroatoms. The van der Waals surface area contributed by atoms with Gasteiger partial charge in [0.25, 0.3) is 5.91 Å². The highest BCUT2D eigenvalue weighted by Crippen LogP contribution is 2.30. The van der Waals surface area contributed by atoms with Gasteiger partial charge < -0.3 is 10.2 Å². The van der Waals surface area contributed by atoms with Crippen molar-refractivity contribution >= 4 is 11.9 Å². The number of nitrogens with one attached hydrogen (secondary N) is 1. The zero-order valence-corrected chi connectivity index (χ0v) is 9.32. The summed E-state index contributed by atoms with van der Waals surface area (Å²) in [6, 6.07) is -0.0476. The summed E-state index contributed by atoms with van der Waals surface area (Å²) in [6.07, 6.45) is 3.63. The van der Waals surface area contributed by atoms with Crippen LogP contribution in [0, 0.1) is 0 Å². The zero-order valence-electron chi connectivity index (χ0n) is 9.32. The molecular weight excluding hydrogens is 206 g/mol. The predicted octanol–water partition coefficient (Wildman–Crippen LogP) is 0.165. The molecule has 0 saturated carbocycles. The standard InChI is InChI=1S/C11H17N3O2/c15-10-9-2-1-7-13(9)11(16)14(10)8-3-5-12-6-4-8/h8-9,12H,1-7H2. The topological polar surface area (TPSA) is 52.7 Å². The lowest BCUT2D eigenvalue weighted by Gasteiger charge is -2.29. The average Bonchev–Trinajstić information content (AvgIpc) is 2.86. The van der Waals surface area contributed by atoms with Gasteiger partial charge in [0.15, 0.2) is 0 Å². The number of carbonyl (C=O) groups excluding carboxylic acids is 2. The predicted molar refractivity (Wildman–Crippen MR) is 57.9 cm³/mol. The van der Waals surface area contributed by atoms with Crippen molar-refractivity contribution in [3.63, 3.8) is 0 Å². The number of carbonyl (C=O) groups is 2. The fourth-order valence-corrected chi connectivity index (χ4v) is 3.05. The molecule has 16 heavy (non-hydrogen) atoms. The van der Waals surface area contributed by atoms with Gasteiger partial charge in [0.2, 0.25) is 0 Å². The van der Waals surface area contributed by atoms with Crippen molar-refractivity contribution in [2.45, 2.75) is 37.8 Å². The van der Waals surface area contributed by atoms with Crippen LogP contribution in [0.4, 0.5) is 4.79 Å². The molecule has 5 nitrogen and oxygen atoms in total. The van der Waals surface area contributed by atoms with Crippen LogP contribution in [0.1, 0.15) is 25.7 Å². The number of hydrogen-bond donors (Lipinski definition) is 1. The van der Waals surface area contributed by atoms with E-state index in [-0.39, 0.29) is 24.0 Å². The molecule has 0 aromatic heterocycles. The van der Waals surface area contributed by atoms with Gasteiger partial charge in [0, 0.05) is 12.6 Å². The fraction of sp³-hybridized carbons (Fsp3) is 0.818. The Balaban J connectivity index is 1.80. The fourth-order valence-electron chi connectivity index (χ4n) is 3.05. The summed E-state index contributed by atoms with van der Waals surface area (Å²) in [5, 5.41) is 3.26. The zero-order chi connectivity index (χ0) is 11.1. The van der Waals surface area contributed by atoms with Gasteiger partial charge in [0.05, 0.1) is 0 Å². The molecule has 3 aliphatic heterocycles. The first kappa shape index (κ1) is 10.1. The maximum atomic E-state index is 12.1. The summed E-state index contributed by atoms with van der Waals surface area (Å²) in [7, 11) is 0. The molecule has 3 fully saturated rings. The molecular formula is C11H17N3O2. The van der Waals surface area contributed by atoms with E-state index in [2.05, 4.69) is 5.32 Å². The van der Waals surface area contributed by atoms with Crippen molar-refractivity contribution in [3.8, 4) is 0 Å². The number of rotatable bonds is 1. The van der Waals surface area contributed by atoms with Gasteiger partial charge in [-0.2, -0.15) is 0 Å². The summed E-state index contributed by atoms with van der Waals surface area (Å²) in [5.41, 5.74) is 0. The molecule has 0 spiro atoms. The van der Waals surface area contributed by atoms with E-state index < -0.39 is 0 Å². The SMILES string of the molecule is O=C1C2CCCN2C(=O)N1C1CCNCC1. The van der Waals surface area contributed by atoms with Crippen molar-refractivity contribution in [2.24, 2.45) is 0 Å². The summed E-state index contributed by atoms with van der Waals surface area (Å²) in [6.45, 7) is 2.58. The average molecular weight is 223 g/mol. The largest absolute Gasteiger partial charge is 0.327 e. The van der Waals surface area contributed by atoms with E-state index in [0.717, 1.165) is 45.3 Å². The highest BCUT2D eigenvalue weighted by atomic mass is 16.2. The van der Waals surface area contributed by atoms with E-state index in [0.29, 0.717) is 0 Å². The molecule has 0 aromatic carbocycles. The number of fused-ring (bicyclic) bond motifs is 1. The van der Waals surface area contributed by atoms with Crippen molar-refractivity contribution in [3.05, 3.63) is 0 Å². The molecule has 3 rings (SSSR count). The van der Waals surface area contributed by atoms with Gasteiger partial charge in [-0.15, -0.1) is 0 Å². The number of hydrogen-bond acceptors (Lipinski definition) is 3. The Bertz CT molecular complexity index is 303. The Morgan fingerprint density at radius 2 is 1.88 bits per heavy atom. The number of nitrogens with zero attached hydrogens (tertiary/aromatic N) is 2. The quantitative estimate of drug-likeness (QED) is 0.644. The minimum Gasteiger partial charge on any atom is -0.317 e. The Hall–Kier alpha value is -1.10. The Labute approximate surface area is 94.8 Å². The molecule has 0 aromatic rings. The summed E-state index contributed by atoms with van der Waals surface area (Å²) in [5.74, 6) is 0.0504. The van der Waals surface area contributed by atoms with E-state index in [1.165, 1.54) is 4.90 Å². The molecule has 3 amide bonds. The molecule has 0 bridgehead atoms. The minimum atomic E-state index is -0.137. The maximum Gasteiger partial charge on any atom is 0.327 e. The number of urea groups is 1. The van der Waals surface area contributed by atoms with Gasteiger partial charge in [-0.05, 0) is 38.8 Å². The van der Waals surface area contributed by atoms with Crippen LogP contribution in [0.5, 0.6) is 0 Å². The second-order valence-corrected chi connectivity index (χ2v) is 4.82. The Kier molecular flexibility index (Phi) is 2.35. The van der Waals surface area contributed by atoms with Gasteiger partial charge in [0.1, 0.15) is 6.04 Å². The van der Waals surface area contributed by atoms with E-state index in [4.69, 9.17) is 0 Å². The molecule has 1 atom stereocenters. The summed E-state index contributed by atoms with van der Waals surface area (Å²) >= 11 is 0. The van der Waals surface area contributed by atoms with Gasteiger partial charge in [-0.3, -0.25) is 9.69 Å². The second-order valence-electron chi connectivity index (χ2n) is 4.82. The van der Waals surface area contributed by atoms with Crippen LogP contribution in [-0.4, -0.2) is 53.5 Å². The molecule has 3 heterocycles. The third kappa shape index (κ3) is 1.34. The highest BCUT2D eigenvalue weighted by molar-refractivity contribution is 6.04. The van der Waals surface area contributed by atoms with Crippen LogP contribution in [0.3, 0.4) is 0 Å². The van der Waals surface area contributed by atoms with Crippen LogP contribution in [-0.2, 0) is 4.79 Å². The number of amides is 3. The van der Waals surface area contributed by atoms with E-state index >= 15 is 0 Å². The Morgan fingerprint density at radius 1 is 1.12 bits per heavy atom. The molecule has 88 valence electrons. The van der Waals surface area contributed by atoms with Crippen molar-refractivity contribution in [1.82, 2.24) is 15.1 Å². The lowest BCUT2D eigenvalue weighted by atomic mass is 10.0. The molecule has 1 unspecified atom stereocenters. The first-order valence-corrected chi connectivity index (χ1v) is 6.13. The van der Waals surface area contributed by atoms with Gasteiger partial charge in [-0.1, -0.05) is 0 Å². The van der Waals surface area contributed by atoms with Crippen molar-refractivity contribution in [2.75, 3.05) is 19.6 Å². The second kappa shape index (κ2) is 3.73. The van der Waals surface area contributed by atoms with Crippen LogP contribution in [0.15, 0.2) is 0 Å². The normalized spacial score (nSPS) is 31.4. The van der Waals surface area contributed by atoms with Crippen molar-refractivity contribution in [1.29, 1.82) is 0 Å². The van der Waals surface area contributed by atoms with E-state index in [1.807, 2.05) is 0 Å². The highest BCUT2D eigenvalue weighted by Gasteiger charge is 2.49. The maximum absolute atomic E-state index is 12.1. The van der Waals surface area contributed by atoms with Gasteiger partial charge in [-0.25, -0.2) is 4.79 Å². The molecule has 0 radical (unpaired) electrons. The molecule has 3 aliphatic rings. The van der Waals surface area contributed by atoms with E-state index in [1.54, 1.807) is 4.90 Å². The molecule has 0 aliphatic carbocycles. The third-order valence-corrected chi connectivity index (χ3v) is 3.90. The first-order chi connectivity index (χ1) is 7.79. The van der Waals surface area contributed by atoms with Crippen LogP contribution < -0.4 is 5.32 Å². The summed E-state index contributed by atoms with van der Waals surface area (Å²) < 4.78 is 0. The van der Waals surface area contributed by atoms with Crippen LogP contribution in [0.25, 0.3) is 0 Å². The molecule has 3 saturated heterocycles. The van der Waals surface area contributed by atoms with Crippen LogP contribution >= 0.6 is 0 Å². The molecule has 1 N–H and O–H groups in total. The van der Waals surface area contributed by atoms with Crippen LogP contribution in [0.2, 0.25) is 0 Å². The first-order valence-electron chi connectivity index (χ1n) is 6.13. The Morgan fingerprint density at radius 3 is 2.56 bits per heavy atom. The monoisotopic (exact) mass is 223 g/mol. The van der Waals surface area contributed by atoms with Gasteiger partial charge >= 0.3 is 6.03 Å². The smallest absolute Gasteiger partial charge is 0.317 e. The lowest BCUT2D eigenvalue weighted by molar-refractivity contribution is -0.129. The third-order valence-electron chi connectivity index (χ3n) is 3.90. The van der Waals surface area contributed by atoms with Crippen molar-refractivity contribution < 1.29 is 9.59 Å². The minimum absolute atomic E-state index is 0.0422. The number of imide groups is 1. The summed E-state index contributed by atoms with van der Waals surface area (Å²) in [4.78, 5) is 27.5. The number of piperidine rings is 1.